The Morgan fingerprint density at radius 2 is 1.94 bits per heavy atom. The van der Waals surface area contributed by atoms with Crippen LogP contribution in [0.4, 0.5) is 5.95 Å². The first kappa shape index (κ1) is 13.1. The second-order valence-corrected chi connectivity index (χ2v) is 5.98. The summed E-state index contributed by atoms with van der Waals surface area (Å²) in [5, 5.41) is 3.49. The van der Waals surface area contributed by atoms with Crippen molar-refractivity contribution in [2.45, 2.75) is 26.3 Å². The van der Waals surface area contributed by atoms with Gasteiger partial charge in [0.1, 0.15) is 0 Å². The number of nitrogens with zero attached hydrogens (tertiary/aromatic N) is 3. The Morgan fingerprint density at radius 1 is 1.39 bits per heavy atom. The van der Waals surface area contributed by atoms with Crippen LogP contribution in [-0.2, 0) is 4.79 Å². The van der Waals surface area contributed by atoms with Gasteiger partial charge in [-0.15, -0.1) is 0 Å². The van der Waals surface area contributed by atoms with Crippen LogP contribution in [-0.4, -0.2) is 34.5 Å². The van der Waals surface area contributed by atoms with Gasteiger partial charge < -0.3 is 10.2 Å². The third kappa shape index (κ3) is 3.10. The van der Waals surface area contributed by atoms with Crippen LogP contribution in [0.3, 0.4) is 0 Å². The lowest BCUT2D eigenvalue weighted by atomic mass is 9.98. The zero-order valence-corrected chi connectivity index (χ0v) is 11.5. The van der Waals surface area contributed by atoms with Gasteiger partial charge in [0.2, 0.25) is 11.9 Å². The Morgan fingerprint density at radius 3 is 2.44 bits per heavy atom. The number of hydrogen-bond donors (Lipinski definition) is 1. The molecule has 0 saturated carbocycles. The molecule has 0 radical (unpaired) electrons. The number of hydrogen-bond acceptors (Lipinski definition) is 4. The number of halogens is 1. The predicted molar refractivity (Wildman–Crippen MR) is 70.6 cm³/mol. The maximum absolute atomic E-state index is 11.9. The molecular weight excluding hydrogens is 252 g/mol. The number of aromatic nitrogens is 2. The molecule has 0 atom stereocenters. The molecular formula is C12H17ClN4O. The molecule has 1 aliphatic heterocycles. The largest absolute Gasteiger partial charge is 0.351 e. The van der Waals surface area contributed by atoms with Crippen LogP contribution in [0.15, 0.2) is 12.4 Å². The molecule has 0 aromatic carbocycles. The molecule has 2 heterocycles. The molecule has 0 bridgehead atoms. The highest BCUT2D eigenvalue weighted by molar-refractivity contribution is 6.30. The molecule has 1 aromatic heterocycles. The van der Waals surface area contributed by atoms with Crippen molar-refractivity contribution in [1.29, 1.82) is 0 Å². The SMILES string of the molecule is CC(C)(C)NC(=O)C1CN(c2ncc(Cl)cn2)C1. The number of anilines is 1. The summed E-state index contributed by atoms with van der Waals surface area (Å²) in [6.45, 7) is 7.24. The fourth-order valence-electron chi connectivity index (χ4n) is 1.75. The summed E-state index contributed by atoms with van der Waals surface area (Å²) < 4.78 is 0. The van der Waals surface area contributed by atoms with Crippen molar-refractivity contribution in [2.75, 3.05) is 18.0 Å². The highest BCUT2D eigenvalue weighted by Gasteiger charge is 2.35. The minimum atomic E-state index is -0.186. The van der Waals surface area contributed by atoms with Crippen LogP contribution in [0, 0.1) is 5.92 Å². The van der Waals surface area contributed by atoms with Crippen LogP contribution in [0.5, 0.6) is 0 Å². The Balaban J connectivity index is 1.87. The van der Waals surface area contributed by atoms with Gasteiger partial charge in [-0.1, -0.05) is 11.6 Å². The highest BCUT2D eigenvalue weighted by Crippen LogP contribution is 2.22. The first-order valence-electron chi connectivity index (χ1n) is 5.90. The van der Waals surface area contributed by atoms with E-state index < -0.39 is 0 Å². The second-order valence-electron chi connectivity index (χ2n) is 5.54. The summed E-state index contributed by atoms with van der Waals surface area (Å²) in [6, 6.07) is 0. The molecule has 1 N–H and O–H groups in total. The van der Waals surface area contributed by atoms with E-state index in [2.05, 4.69) is 15.3 Å². The van der Waals surface area contributed by atoms with Gasteiger partial charge >= 0.3 is 0 Å². The summed E-state index contributed by atoms with van der Waals surface area (Å²) in [4.78, 5) is 22.1. The van der Waals surface area contributed by atoms with Crippen molar-refractivity contribution < 1.29 is 4.79 Å². The van der Waals surface area contributed by atoms with E-state index in [0.29, 0.717) is 24.1 Å². The quantitative estimate of drug-likeness (QED) is 0.883. The van der Waals surface area contributed by atoms with E-state index >= 15 is 0 Å². The van der Waals surface area contributed by atoms with E-state index in [1.807, 2.05) is 25.7 Å². The van der Waals surface area contributed by atoms with E-state index in [4.69, 9.17) is 11.6 Å². The van der Waals surface area contributed by atoms with Gasteiger partial charge in [0.15, 0.2) is 0 Å². The van der Waals surface area contributed by atoms with Gasteiger partial charge in [-0.3, -0.25) is 4.79 Å². The lowest BCUT2D eigenvalue weighted by Gasteiger charge is -2.39. The van der Waals surface area contributed by atoms with Gasteiger partial charge in [-0.25, -0.2) is 9.97 Å². The van der Waals surface area contributed by atoms with Gasteiger partial charge in [-0.05, 0) is 20.8 Å². The molecule has 0 spiro atoms. The average molecular weight is 269 g/mol. The van der Waals surface area contributed by atoms with Crippen molar-refractivity contribution in [2.24, 2.45) is 5.92 Å². The average Bonchev–Trinajstić information content (AvgIpc) is 2.15. The molecule has 5 nitrogen and oxygen atoms in total. The molecule has 98 valence electrons. The monoisotopic (exact) mass is 268 g/mol. The van der Waals surface area contributed by atoms with Crippen molar-refractivity contribution in [3.63, 3.8) is 0 Å². The predicted octanol–water partition coefficient (Wildman–Crippen LogP) is 1.48. The van der Waals surface area contributed by atoms with E-state index in [-0.39, 0.29) is 17.4 Å². The minimum Gasteiger partial charge on any atom is -0.351 e. The maximum atomic E-state index is 11.9. The summed E-state index contributed by atoms with van der Waals surface area (Å²) in [5.74, 6) is 0.732. The van der Waals surface area contributed by atoms with E-state index in [1.54, 1.807) is 12.4 Å². The zero-order chi connectivity index (χ0) is 13.3. The van der Waals surface area contributed by atoms with Gasteiger partial charge in [0.05, 0.1) is 23.3 Å². The molecule has 1 aromatic rings. The van der Waals surface area contributed by atoms with Gasteiger partial charge in [0, 0.05) is 18.6 Å². The normalized spacial score (nSPS) is 16.3. The van der Waals surface area contributed by atoms with Gasteiger partial charge in [0.25, 0.3) is 0 Å². The first-order chi connectivity index (χ1) is 8.35. The number of nitrogens with one attached hydrogen (secondary N) is 1. The highest BCUT2D eigenvalue weighted by atomic mass is 35.5. The molecule has 0 unspecified atom stereocenters. The summed E-state index contributed by atoms with van der Waals surface area (Å²) >= 11 is 5.72. The van der Waals surface area contributed by atoms with Crippen LogP contribution in [0.2, 0.25) is 5.02 Å². The zero-order valence-electron chi connectivity index (χ0n) is 10.8. The van der Waals surface area contributed by atoms with Crippen LogP contribution in [0.25, 0.3) is 0 Å². The molecule has 2 rings (SSSR count). The molecule has 1 fully saturated rings. The Kier molecular flexibility index (Phi) is 3.43. The number of rotatable bonds is 2. The minimum absolute atomic E-state index is 0.0171. The van der Waals surface area contributed by atoms with E-state index in [9.17, 15) is 4.79 Å². The van der Waals surface area contributed by atoms with E-state index in [0.717, 1.165) is 0 Å². The smallest absolute Gasteiger partial charge is 0.227 e. The fourth-order valence-corrected chi connectivity index (χ4v) is 1.85. The number of amides is 1. The Hall–Kier alpha value is -1.36. The van der Waals surface area contributed by atoms with Crippen molar-refractivity contribution in [3.8, 4) is 0 Å². The fraction of sp³-hybridized carbons (Fsp3) is 0.583. The third-order valence-corrected chi connectivity index (χ3v) is 2.84. The van der Waals surface area contributed by atoms with E-state index in [1.165, 1.54) is 0 Å². The Labute approximate surface area is 112 Å². The molecule has 0 aliphatic carbocycles. The standard InChI is InChI=1S/C12H17ClN4O/c1-12(2,3)16-10(18)8-6-17(7-8)11-14-4-9(13)5-15-11/h4-5,8H,6-7H2,1-3H3,(H,16,18). The molecule has 6 heteroatoms. The number of carbonyl (C=O) groups excluding carboxylic acids is 1. The van der Waals surface area contributed by atoms with Crippen molar-refractivity contribution in [1.82, 2.24) is 15.3 Å². The second kappa shape index (κ2) is 4.72. The van der Waals surface area contributed by atoms with Gasteiger partial charge in [-0.2, -0.15) is 0 Å². The number of carbonyl (C=O) groups is 1. The third-order valence-electron chi connectivity index (χ3n) is 2.64. The lowest BCUT2D eigenvalue weighted by Crippen LogP contribution is -2.57. The Bertz CT molecular complexity index is 434. The van der Waals surface area contributed by atoms with Crippen LogP contribution >= 0.6 is 11.6 Å². The van der Waals surface area contributed by atoms with Crippen molar-refractivity contribution >= 4 is 23.5 Å². The van der Waals surface area contributed by atoms with Crippen LogP contribution < -0.4 is 10.2 Å². The molecule has 18 heavy (non-hydrogen) atoms. The molecule has 1 saturated heterocycles. The van der Waals surface area contributed by atoms with Crippen molar-refractivity contribution in [3.05, 3.63) is 17.4 Å². The summed E-state index contributed by atoms with van der Waals surface area (Å²) in [7, 11) is 0. The molecule has 1 amide bonds. The first-order valence-corrected chi connectivity index (χ1v) is 6.27. The maximum Gasteiger partial charge on any atom is 0.227 e. The molecule has 1 aliphatic rings. The van der Waals surface area contributed by atoms with Crippen LogP contribution in [0.1, 0.15) is 20.8 Å². The summed E-state index contributed by atoms with van der Waals surface area (Å²) in [5.41, 5.74) is -0.186. The lowest BCUT2D eigenvalue weighted by molar-refractivity contribution is -0.127. The summed E-state index contributed by atoms with van der Waals surface area (Å²) in [6.07, 6.45) is 3.12. The topological polar surface area (TPSA) is 58.1 Å².